The van der Waals surface area contributed by atoms with Crippen LogP contribution >= 0.6 is 35.3 Å². The van der Waals surface area contributed by atoms with E-state index in [9.17, 15) is 4.79 Å². The van der Waals surface area contributed by atoms with Crippen LogP contribution in [0.2, 0.25) is 0 Å². The van der Waals surface area contributed by atoms with Crippen molar-refractivity contribution in [2.24, 2.45) is 0 Å². The molecular weight excluding hydrogens is 406 g/mol. The van der Waals surface area contributed by atoms with Gasteiger partial charge in [0.1, 0.15) is 0 Å². The molecule has 0 atom stereocenters. The molecule has 4 rings (SSSR count). The maximum absolute atomic E-state index is 12.8. The first kappa shape index (κ1) is 19.1. The largest absolute Gasteiger partial charge is 0.285 e. The quantitative estimate of drug-likeness (QED) is 0.423. The molecule has 0 radical (unpaired) electrons. The standard InChI is InChI=1S/C21H19N3OS3/c1-21(2,3)14-10-8-13(9-11-14)12-17-18(25)24(20(26)28-17)23-19-22-15-6-4-5-7-16(15)27-19/h4-12H,1-3H3,(H,22,23). The van der Waals surface area contributed by atoms with E-state index in [1.54, 1.807) is 0 Å². The SMILES string of the molecule is CC(C)(C)c1ccc(C=C2SC(=S)N(Nc3nc4ccccc4s3)C2=O)cc1. The van der Waals surface area contributed by atoms with Crippen molar-refractivity contribution >= 4 is 67.0 Å². The minimum absolute atomic E-state index is 0.100. The van der Waals surface area contributed by atoms with Gasteiger partial charge in [-0.05, 0) is 47.0 Å². The third-order valence-corrected chi connectivity index (χ3v) is 6.61. The third kappa shape index (κ3) is 3.83. The van der Waals surface area contributed by atoms with Crippen LogP contribution in [0, 0.1) is 0 Å². The van der Waals surface area contributed by atoms with Crippen LogP contribution in [0.1, 0.15) is 31.9 Å². The minimum atomic E-state index is -0.158. The molecule has 0 bridgehead atoms. The van der Waals surface area contributed by atoms with E-state index < -0.39 is 0 Å². The van der Waals surface area contributed by atoms with Gasteiger partial charge in [-0.1, -0.05) is 80.3 Å². The minimum Gasteiger partial charge on any atom is -0.266 e. The van der Waals surface area contributed by atoms with Crippen LogP contribution in [-0.4, -0.2) is 20.2 Å². The molecule has 1 aliphatic rings. The molecule has 0 aliphatic carbocycles. The number of thiocarbonyl (C=S) groups is 1. The van der Waals surface area contributed by atoms with Crippen LogP contribution in [0.15, 0.2) is 53.4 Å². The van der Waals surface area contributed by atoms with Gasteiger partial charge in [0.25, 0.3) is 5.91 Å². The highest BCUT2D eigenvalue weighted by Gasteiger charge is 2.33. The van der Waals surface area contributed by atoms with Gasteiger partial charge in [0.15, 0.2) is 4.32 Å². The molecule has 0 unspecified atom stereocenters. The summed E-state index contributed by atoms with van der Waals surface area (Å²) >= 11 is 8.19. The smallest absolute Gasteiger partial charge is 0.266 e. The first-order valence-corrected chi connectivity index (χ1v) is 10.9. The van der Waals surface area contributed by atoms with Crippen molar-refractivity contribution in [3.05, 3.63) is 64.6 Å². The second-order valence-corrected chi connectivity index (χ2v) is 10.2. The normalized spacial score (nSPS) is 16.4. The number of rotatable bonds is 3. The van der Waals surface area contributed by atoms with Gasteiger partial charge in [-0.3, -0.25) is 10.2 Å². The van der Waals surface area contributed by atoms with Crippen molar-refractivity contribution in [3.63, 3.8) is 0 Å². The molecule has 1 aromatic heterocycles. The van der Waals surface area contributed by atoms with Crippen LogP contribution in [-0.2, 0) is 10.2 Å². The van der Waals surface area contributed by atoms with Crippen molar-refractivity contribution in [1.29, 1.82) is 0 Å². The molecule has 3 aromatic rings. The highest BCUT2D eigenvalue weighted by atomic mass is 32.2. The van der Waals surface area contributed by atoms with Crippen LogP contribution in [0.5, 0.6) is 0 Å². The summed E-state index contributed by atoms with van der Waals surface area (Å²) in [6.07, 6.45) is 1.88. The van der Waals surface area contributed by atoms with Gasteiger partial charge in [-0.25, -0.2) is 4.98 Å². The van der Waals surface area contributed by atoms with Crippen molar-refractivity contribution in [2.45, 2.75) is 26.2 Å². The summed E-state index contributed by atoms with van der Waals surface area (Å²) in [5.74, 6) is -0.158. The predicted molar refractivity (Wildman–Crippen MR) is 123 cm³/mol. The van der Waals surface area contributed by atoms with E-state index in [2.05, 4.69) is 43.3 Å². The fraction of sp³-hybridized carbons (Fsp3) is 0.190. The van der Waals surface area contributed by atoms with E-state index in [1.165, 1.54) is 33.7 Å². The maximum Gasteiger partial charge on any atom is 0.285 e. The lowest BCUT2D eigenvalue weighted by Crippen LogP contribution is -2.33. The van der Waals surface area contributed by atoms with Gasteiger partial charge in [-0.2, -0.15) is 5.01 Å². The molecule has 2 heterocycles. The summed E-state index contributed by atoms with van der Waals surface area (Å²) in [6.45, 7) is 6.54. The van der Waals surface area contributed by atoms with Crippen molar-refractivity contribution in [1.82, 2.24) is 9.99 Å². The monoisotopic (exact) mass is 425 g/mol. The van der Waals surface area contributed by atoms with Crippen LogP contribution < -0.4 is 5.43 Å². The van der Waals surface area contributed by atoms with E-state index in [1.807, 2.05) is 42.5 Å². The first-order valence-electron chi connectivity index (χ1n) is 8.82. The Kier molecular flexibility index (Phi) is 4.99. The van der Waals surface area contributed by atoms with Crippen LogP contribution in [0.3, 0.4) is 0 Å². The number of nitrogens with one attached hydrogen (secondary N) is 1. The van der Waals surface area contributed by atoms with E-state index in [0.717, 1.165) is 15.8 Å². The van der Waals surface area contributed by atoms with E-state index in [4.69, 9.17) is 12.2 Å². The molecule has 142 valence electrons. The number of carbonyl (C=O) groups is 1. The number of thiazole rings is 1. The van der Waals surface area contributed by atoms with Crippen molar-refractivity contribution in [3.8, 4) is 0 Å². The summed E-state index contributed by atoms with van der Waals surface area (Å²) in [5.41, 5.74) is 6.30. The van der Waals surface area contributed by atoms with Gasteiger partial charge < -0.3 is 0 Å². The number of hydrazine groups is 1. The first-order chi connectivity index (χ1) is 13.3. The van der Waals surface area contributed by atoms with E-state index in [0.29, 0.717) is 14.4 Å². The average Bonchev–Trinajstić information content (AvgIpc) is 3.17. The van der Waals surface area contributed by atoms with Gasteiger partial charge in [0.2, 0.25) is 5.13 Å². The number of nitrogens with zero attached hydrogens (tertiary/aromatic N) is 2. The van der Waals surface area contributed by atoms with E-state index in [-0.39, 0.29) is 11.3 Å². The maximum atomic E-state index is 12.8. The van der Waals surface area contributed by atoms with Crippen molar-refractivity contribution in [2.75, 3.05) is 5.43 Å². The van der Waals surface area contributed by atoms with Crippen LogP contribution in [0.25, 0.3) is 16.3 Å². The predicted octanol–water partition coefficient (Wildman–Crippen LogP) is 5.82. The second kappa shape index (κ2) is 7.31. The zero-order chi connectivity index (χ0) is 19.9. The van der Waals surface area contributed by atoms with Crippen molar-refractivity contribution < 1.29 is 4.79 Å². The molecule has 1 fully saturated rings. The van der Waals surface area contributed by atoms with Gasteiger partial charge in [-0.15, -0.1) is 0 Å². The molecule has 1 N–H and O–H groups in total. The number of carbonyl (C=O) groups excluding carboxylic acids is 1. The molecule has 1 amide bonds. The summed E-state index contributed by atoms with van der Waals surface area (Å²) in [6, 6.07) is 16.1. The Labute approximate surface area is 177 Å². The number of hydrogen-bond acceptors (Lipinski definition) is 6. The average molecular weight is 426 g/mol. The molecule has 28 heavy (non-hydrogen) atoms. The Hall–Kier alpha value is -2.22. The Morgan fingerprint density at radius 1 is 1.11 bits per heavy atom. The van der Waals surface area contributed by atoms with Gasteiger partial charge in [0.05, 0.1) is 15.1 Å². The zero-order valence-corrected chi connectivity index (χ0v) is 18.2. The topological polar surface area (TPSA) is 45.2 Å². The lowest BCUT2D eigenvalue weighted by molar-refractivity contribution is -0.121. The lowest BCUT2D eigenvalue weighted by atomic mass is 9.87. The molecule has 4 nitrogen and oxygen atoms in total. The number of benzene rings is 2. The van der Waals surface area contributed by atoms with Gasteiger partial charge in [0, 0.05) is 0 Å². The van der Waals surface area contributed by atoms with Crippen LogP contribution in [0.4, 0.5) is 5.13 Å². The molecular formula is C21H19N3OS3. The number of thioether (sulfide) groups is 1. The number of para-hydroxylation sites is 1. The summed E-state index contributed by atoms with van der Waals surface area (Å²) in [4.78, 5) is 17.9. The zero-order valence-electron chi connectivity index (χ0n) is 15.7. The molecule has 2 aromatic carbocycles. The summed E-state index contributed by atoms with van der Waals surface area (Å²) in [5, 5.41) is 2.04. The third-order valence-electron chi connectivity index (χ3n) is 4.37. The summed E-state index contributed by atoms with van der Waals surface area (Å²) in [7, 11) is 0. The number of fused-ring (bicyclic) bond motifs is 1. The molecule has 1 saturated heterocycles. The fourth-order valence-corrected chi connectivity index (χ4v) is 4.84. The highest BCUT2D eigenvalue weighted by Crippen LogP contribution is 2.34. The Balaban J connectivity index is 1.54. The second-order valence-electron chi connectivity index (χ2n) is 7.49. The Bertz CT molecular complexity index is 1060. The number of amides is 1. The van der Waals surface area contributed by atoms with Gasteiger partial charge >= 0.3 is 0 Å². The molecule has 1 aliphatic heterocycles. The molecule has 0 saturated carbocycles. The Morgan fingerprint density at radius 2 is 1.82 bits per heavy atom. The lowest BCUT2D eigenvalue weighted by Gasteiger charge is -2.18. The number of hydrogen-bond donors (Lipinski definition) is 1. The number of aromatic nitrogens is 1. The molecule has 0 spiro atoms. The Morgan fingerprint density at radius 3 is 2.50 bits per heavy atom. The number of anilines is 1. The molecule has 7 heteroatoms. The van der Waals surface area contributed by atoms with E-state index >= 15 is 0 Å². The highest BCUT2D eigenvalue weighted by molar-refractivity contribution is 8.26. The summed E-state index contributed by atoms with van der Waals surface area (Å²) < 4.78 is 1.53. The fourth-order valence-electron chi connectivity index (χ4n) is 2.81.